The topological polar surface area (TPSA) is 97.6 Å². The predicted octanol–water partition coefficient (Wildman–Crippen LogP) is 2.17. The van der Waals surface area contributed by atoms with Crippen LogP contribution in [-0.4, -0.2) is 40.7 Å². The summed E-state index contributed by atoms with van der Waals surface area (Å²) in [5.41, 5.74) is 0.880. The second-order valence-corrected chi connectivity index (χ2v) is 5.40. The van der Waals surface area contributed by atoms with E-state index in [9.17, 15) is 22.8 Å². The summed E-state index contributed by atoms with van der Waals surface area (Å²) in [6.07, 6.45) is -4.04. The van der Waals surface area contributed by atoms with Gasteiger partial charge >= 0.3 is 23.9 Å². The number of halogens is 3. The maximum Gasteiger partial charge on any atom is 0.471 e. The zero-order chi connectivity index (χ0) is 20.0. The van der Waals surface area contributed by atoms with Gasteiger partial charge in [0, 0.05) is 12.1 Å². The number of hydroxylamine groups is 2. The van der Waals surface area contributed by atoms with Crippen LogP contribution in [0.1, 0.15) is 24.8 Å². The number of aromatic nitrogens is 2. The Morgan fingerprint density at radius 3 is 2.44 bits per heavy atom. The minimum atomic E-state index is -4.72. The van der Waals surface area contributed by atoms with E-state index in [0.717, 1.165) is 5.06 Å². The molecular formula is C16H17F3N4O4. The van der Waals surface area contributed by atoms with Crippen molar-refractivity contribution in [3.05, 3.63) is 35.7 Å². The molecule has 0 aliphatic rings. The molecule has 27 heavy (non-hydrogen) atoms. The van der Waals surface area contributed by atoms with E-state index >= 15 is 0 Å². The van der Waals surface area contributed by atoms with Crippen LogP contribution in [0.3, 0.4) is 0 Å². The van der Waals surface area contributed by atoms with E-state index in [1.807, 2.05) is 6.92 Å². The normalized spacial score (nSPS) is 11.3. The third kappa shape index (κ3) is 5.26. The summed E-state index contributed by atoms with van der Waals surface area (Å²) in [5.74, 6) is -3.30. The van der Waals surface area contributed by atoms with Crippen LogP contribution in [0.5, 0.6) is 0 Å². The highest BCUT2D eigenvalue weighted by molar-refractivity contribution is 6.34. The number of hydrogen-bond donors (Lipinski definition) is 1. The minimum absolute atomic E-state index is 0.0325. The number of benzene rings is 1. The molecule has 0 saturated carbocycles. The summed E-state index contributed by atoms with van der Waals surface area (Å²) in [7, 11) is 1.25. The lowest BCUT2D eigenvalue weighted by molar-refractivity contribution is -0.182. The van der Waals surface area contributed by atoms with E-state index < -0.39 is 23.9 Å². The molecule has 1 aromatic heterocycles. The molecule has 8 nitrogen and oxygen atoms in total. The fourth-order valence-electron chi connectivity index (χ4n) is 2.03. The maximum atomic E-state index is 12.5. The van der Waals surface area contributed by atoms with Crippen molar-refractivity contribution in [2.75, 3.05) is 13.7 Å². The molecule has 0 atom stereocenters. The van der Waals surface area contributed by atoms with Gasteiger partial charge in [-0.3, -0.25) is 14.4 Å². The Labute approximate surface area is 152 Å². The summed E-state index contributed by atoms with van der Waals surface area (Å²) < 4.78 is 41.7. The van der Waals surface area contributed by atoms with E-state index in [1.165, 1.54) is 19.2 Å². The minimum Gasteiger partial charge on any atom is -0.348 e. The van der Waals surface area contributed by atoms with E-state index in [1.54, 1.807) is 12.1 Å². The van der Waals surface area contributed by atoms with E-state index in [4.69, 9.17) is 4.84 Å². The predicted molar refractivity (Wildman–Crippen MR) is 85.6 cm³/mol. The van der Waals surface area contributed by atoms with Crippen LogP contribution < -0.4 is 5.32 Å². The molecule has 0 unspecified atom stereocenters. The van der Waals surface area contributed by atoms with Gasteiger partial charge in [-0.1, -0.05) is 36.3 Å². The monoisotopic (exact) mass is 386 g/mol. The van der Waals surface area contributed by atoms with Crippen LogP contribution in [0.15, 0.2) is 28.8 Å². The summed E-state index contributed by atoms with van der Waals surface area (Å²) in [4.78, 5) is 32.0. The van der Waals surface area contributed by atoms with Gasteiger partial charge < -0.3 is 9.84 Å². The van der Waals surface area contributed by atoms with E-state index in [-0.39, 0.29) is 12.4 Å². The van der Waals surface area contributed by atoms with Crippen LogP contribution in [0.2, 0.25) is 0 Å². The lowest BCUT2D eigenvalue weighted by Gasteiger charge is -2.19. The zero-order valence-corrected chi connectivity index (χ0v) is 14.5. The number of nitrogens with one attached hydrogen (secondary N) is 1. The Morgan fingerprint density at radius 2 is 1.93 bits per heavy atom. The highest BCUT2D eigenvalue weighted by Gasteiger charge is 2.38. The van der Waals surface area contributed by atoms with Crippen LogP contribution in [0, 0.1) is 0 Å². The third-order valence-corrected chi connectivity index (χ3v) is 3.38. The standard InChI is InChI=1S/C16H17F3N4O4/c1-3-8-20-13(24)14(25)23(26-2)9-10-4-6-11(7-5-10)12-21-15(27-22-12)16(17,18)19/h4-7H,3,8-9H2,1-2H3,(H,20,24). The fraction of sp³-hybridized carbons (Fsp3) is 0.375. The van der Waals surface area contributed by atoms with Crippen molar-refractivity contribution in [1.29, 1.82) is 0 Å². The molecule has 1 heterocycles. The van der Waals surface area contributed by atoms with Crippen LogP contribution in [-0.2, 0) is 27.1 Å². The SMILES string of the molecule is CCCNC(=O)C(=O)N(Cc1ccc(-c2noc(C(F)(F)F)n2)cc1)OC. The number of rotatable bonds is 6. The van der Waals surface area contributed by atoms with Crippen LogP contribution in [0.25, 0.3) is 11.4 Å². The van der Waals surface area contributed by atoms with Gasteiger partial charge in [-0.15, -0.1) is 0 Å². The molecule has 0 aliphatic heterocycles. The van der Waals surface area contributed by atoms with Crippen LogP contribution >= 0.6 is 0 Å². The van der Waals surface area contributed by atoms with Gasteiger partial charge in [0.2, 0.25) is 5.82 Å². The molecule has 0 saturated heterocycles. The summed E-state index contributed by atoms with van der Waals surface area (Å²) in [6, 6.07) is 6.02. The van der Waals surface area contributed by atoms with Crippen molar-refractivity contribution in [3.8, 4) is 11.4 Å². The maximum absolute atomic E-state index is 12.5. The number of amides is 2. The van der Waals surface area contributed by atoms with Crippen molar-refractivity contribution < 1.29 is 32.1 Å². The summed E-state index contributed by atoms with van der Waals surface area (Å²) >= 11 is 0. The summed E-state index contributed by atoms with van der Waals surface area (Å²) in [6.45, 7) is 2.18. The smallest absolute Gasteiger partial charge is 0.348 e. The van der Waals surface area contributed by atoms with Crippen molar-refractivity contribution >= 4 is 11.8 Å². The zero-order valence-electron chi connectivity index (χ0n) is 14.5. The lowest BCUT2D eigenvalue weighted by atomic mass is 10.1. The van der Waals surface area contributed by atoms with Gasteiger partial charge in [0.05, 0.1) is 13.7 Å². The Morgan fingerprint density at radius 1 is 1.26 bits per heavy atom. The second kappa shape index (κ2) is 8.62. The molecule has 11 heteroatoms. The molecule has 1 aromatic carbocycles. The van der Waals surface area contributed by atoms with Gasteiger partial charge in [0.25, 0.3) is 0 Å². The molecule has 2 amide bonds. The molecule has 0 spiro atoms. The highest BCUT2D eigenvalue weighted by Crippen LogP contribution is 2.29. The number of hydrogen-bond acceptors (Lipinski definition) is 6. The first kappa shape index (κ1) is 20.4. The van der Waals surface area contributed by atoms with Gasteiger partial charge in [-0.25, -0.2) is 5.06 Å². The first-order chi connectivity index (χ1) is 12.8. The molecule has 0 fully saturated rings. The molecular weight excluding hydrogens is 369 g/mol. The molecule has 2 rings (SSSR count). The van der Waals surface area contributed by atoms with Gasteiger partial charge in [-0.05, 0) is 12.0 Å². The van der Waals surface area contributed by atoms with Crippen molar-refractivity contribution in [2.45, 2.75) is 26.1 Å². The van der Waals surface area contributed by atoms with E-state index in [2.05, 4.69) is 20.0 Å². The van der Waals surface area contributed by atoms with Gasteiger partial charge in [0.1, 0.15) is 0 Å². The highest BCUT2D eigenvalue weighted by atomic mass is 19.4. The van der Waals surface area contributed by atoms with Crippen molar-refractivity contribution in [3.63, 3.8) is 0 Å². The Bertz CT molecular complexity index is 790. The quantitative estimate of drug-likeness (QED) is 0.604. The lowest BCUT2D eigenvalue weighted by Crippen LogP contribution is -2.42. The van der Waals surface area contributed by atoms with Gasteiger partial charge in [0.15, 0.2) is 0 Å². The Kier molecular flexibility index (Phi) is 6.50. The number of carbonyl (C=O) groups excluding carboxylic acids is 2. The van der Waals surface area contributed by atoms with Crippen molar-refractivity contribution in [2.24, 2.45) is 0 Å². The first-order valence-corrected chi connectivity index (χ1v) is 7.90. The Hall–Kier alpha value is -2.95. The van der Waals surface area contributed by atoms with Crippen molar-refractivity contribution in [1.82, 2.24) is 20.5 Å². The molecule has 0 aliphatic carbocycles. The largest absolute Gasteiger partial charge is 0.471 e. The van der Waals surface area contributed by atoms with Gasteiger partial charge in [-0.2, -0.15) is 18.2 Å². The first-order valence-electron chi connectivity index (χ1n) is 7.90. The number of alkyl halides is 3. The molecule has 0 bridgehead atoms. The van der Waals surface area contributed by atoms with E-state index in [0.29, 0.717) is 24.1 Å². The number of carbonyl (C=O) groups is 2. The molecule has 2 aromatic rings. The molecule has 146 valence electrons. The third-order valence-electron chi connectivity index (χ3n) is 3.38. The fourth-order valence-corrected chi connectivity index (χ4v) is 2.03. The van der Waals surface area contributed by atoms with Crippen LogP contribution in [0.4, 0.5) is 13.2 Å². The number of nitrogens with zero attached hydrogens (tertiary/aromatic N) is 3. The average Bonchev–Trinajstić information content (AvgIpc) is 3.14. The average molecular weight is 386 g/mol. The summed E-state index contributed by atoms with van der Waals surface area (Å²) in [5, 5.41) is 6.61. The second-order valence-electron chi connectivity index (χ2n) is 5.40. The molecule has 1 N–H and O–H groups in total. The molecule has 0 radical (unpaired) electrons. The Balaban J connectivity index is 2.06.